The van der Waals surface area contributed by atoms with Crippen molar-refractivity contribution >= 4 is 88.5 Å². The molecule has 11 heteroatoms. The van der Waals surface area contributed by atoms with Crippen LogP contribution in [0.4, 0.5) is 0 Å². The number of benzene rings is 8. The number of aryl methyl sites for hydroxylation is 2. The van der Waals surface area contributed by atoms with Gasteiger partial charge < -0.3 is 22.5 Å². The Labute approximate surface area is 433 Å². The third-order valence-corrected chi connectivity index (χ3v) is 14.7. The molecule has 0 saturated carbocycles. The van der Waals surface area contributed by atoms with Crippen molar-refractivity contribution in [3.05, 3.63) is 211 Å². The van der Waals surface area contributed by atoms with Crippen molar-refractivity contribution in [2.75, 3.05) is 0 Å². The average molecular weight is 1120 g/mol. The Kier molecular flexibility index (Phi) is 9.30. The largest absolute Gasteiger partial charge is 0.331 e. The van der Waals surface area contributed by atoms with Crippen LogP contribution in [0.5, 0.6) is 0 Å². The average Bonchev–Trinajstić information content (AvgIpc) is 4.26. The number of nitrogens with zero attached hydrogens (tertiary/aromatic N) is 10. The number of hydrogen-bond acceptors (Lipinski definition) is 3. The van der Waals surface area contributed by atoms with Crippen LogP contribution in [-0.4, -0.2) is 42.0 Å². The zero-order valence-corrected chi connectivity index (χ0v) is 42.8. The Bertz CT molecular complexity index is 4720. The van der Waals surface area contributed by atoms with Crippen LogP contribution in [0.15, 0.2) is 176 Å². The van der Waals surface area contributed by atoms with Gasteiger partial charge in [0.25, 0.3) is 6.33 Å². The summed E-state index contributed by atoms with van der Waals surface area (Å²) >= 11 is 0. The standard InChI is InChI=1S/C62H44N10.Pt/c1-38-17-14-29-51-58(38)64-60-68(53-35-56-55(36-54(53)70(51)60)71-52-30-15-18-39(2)59(52)65-61(71)72(56)57-33-40(31-32-63-57)62(3,4)5)42-20-16-19-41(34-42)66-37-67(48-26-11-10-25-47(48)66)49-27-12-13-28-50(49)69-45-23-8-6-21-43(45)44-22-7-9-24-46(44)69;/h6-33,36H,1-5H3;/q-2;. The smallest absolute Gasteiger partial charge is 0.268 e. The molecular formula is C62H44N10Pt-2. The van der Waals surface area contributed by atoms with Gasteiger partial charge in [0, 0.05) is 38.0 Å². The van der Waals surface area contributed by atoms with E-state index in [0.717, 1.165) is 117 Å². The third-order valence-electron chi connectivity index (χ3n) is 14.7. The molecule has 15 rings (SSSR count). The Balaban J connectivity index is 0.00000493. The van der Waals surface area contributed by atoms with Crippen LogP contribution in [0.2, 0.25) is 0 Å². The van der Waals surface area contributed by atoms with Gasteiger partial charge in [-0.1, -0.05) is 124 Å². The minimum atomic E-state index is -0.0951. The van der Waals surface area contributed by atoms with Crippen molar-refractivity contribution in [1.82, 2.24) is 42.0 Å². The molecule has 0 atom stereocenters. The number of imidazole rings is 5. The SMILES string of the molecule is Cc1cccc2c1nc1n(-c3[c-]c(-n4[c-][n+](-c5ccccc5-n5c6ccccc6c6ccccc65)c5ccccc54)ccc3)c3[c-]c4c(cc3n21)n1c2cccc(C)c2nc1n4-c1cc(C(C)(C)C)ccn1.[Pt]. The van der Waals surface area contributed by atoms with Crippen LogP contribution < -0.4 is 4.57 Å². The summed E-state index contributed by atoms with van der Waals surface area (Å²) in [7, 11) is 0. The molecule has 10 nitrogen and oxygen atoms in total. The predicted octanol–water partition coefficient (Wildman–Crippen LogP) is 13.2. The molecule has 354 valence electrons. The fourth-order valence-corrected chi connectivity index (χ4v) is 11.2. The minimum absolute atomic E-state index is 0. The maximum Gasteiger partial charge on any atom is 0.268 e. The molecule has 73 heavy (non-hydrogen) atoms. The van der Waals surface area contributed by atoms with E-state index in [2.05, 4.69) is 255 Å². The first-order chi connectivity index (χ1) is 35.2. The van der Waals surface area contributed by atoms with Crippen molar-refractivity contribution < 1.29 is 25.6 Å². The number of rotatable bonds is 5. The first-order valence-electron chi connectivity index (χ1n) is 24.4. The topological polar surface area (TPSA) is 71.1 Å². The van der Waals surface area contributed by atoms with E-state index >= 15 is 0 Å². The number of pyridine rings is 1. The number of hydrogen-bond donors (Lipinski definition) is 0. The number of fused-ring (bicyclic) bond motifs is 14. The fourth-order valence-electron chi connectivity index (χ4n) is 11.2. The van der Waals surface area contributed by atoms with E-state index < -0.39 is 0 Å². The normalized spacial score (nSPS) is 12.3. The molecule has 0 N–H and O–H groups in total. The van der Waals surface area contributed by atoms with E-state index in [-0.39, 0.29) is 26.5 Å². The van der Waals surface area contributed by atoms with E-state index in [0.29, 0.717) is 0 Å². The Hall–Kier alpha value is -8.59. The fraction of sp³-hybridized carbons (Fsp3) is 0.0968. The molecule has 0 fully saturated rings. The molecular weight excluding hydrogens is 1080 g/mol. The van der Waals surface area contributed by atoms with Gasteiger partial charge in [-0.2, -0.15) is 18.2 Å². The van der Waals surface area contributed by atoms with Gasteiger partial charge in [-0.25, -0.2) is 15.0 Å². The quantitative estimate of drug-likeness (QED) is 0.127. The Morgan fingerprint density at radius 1 is 0.493 bits per heavy atom. The maximum absolute atomic E-state index is 5.44. The third kappa shape index (κ3) is 6.14. The van der Waals surface area contributed by atoms with Crippen molar-refractivity contribution in [3.63, 3.8) is 0 Å². The van der Waals surface area contributed by atoms with Crippen LogP contribution in [0.3, 0.4) is 0 Å². The molecule has 0 aliphatic rings. The zero-order chi connectivity index (χ0) is 48.1. The van der Waals surface area contributed by atoms with Crippen LogP contribution in [0.1, 0.15) is 37.5 Å². The molecule has 7 heterocycles. The van der Waals surface area contributed by atoms with Crippen molar-refractivity contribution in [2.24, 2.45) is 0 Å². The van der Waals surface area contributed by atoms with Gasteiger partial charge in [0.05, 0.1) is 55.5 Å². The molecule has 0 saturated heterocycles. The van der Waals surface area contributed by atoms with Gasteiger partial charge >= 0.3 is 0 Å². The van der Waals surface area contributed by atoms with Crippen LogP contribution in [0.25, 0.3) is 117 Å². The van der Waals surface area contributed by atoms with Gasteiger partial charge in [0.2, 0.25) is 11.6 Å². The minimum Gasteiger partial charge on any atom is -0.331 e. The number of para-hydroxylation sites is 8. The molecule has 0 aliphatic carbocycles. The van der Waals surface area contributed by atoms with E-state index in [1.165, 1.54) is 16.3 Å². The van der Waals surface area contributed by atoms with Crippen LogP contribution in [0, 0.1) is 32.3 Å². The van der Waals surface area contributed by atoms with Crippen LogP contribution >= 0.6 is 0 Å². The van der Waals surface area contributed by atoms with Gasteiger partial charge in [-0.15, -0.1) is 18.2 Å². The Morgan fingerprint density at radius 3 is 1.74 bits per heavy atom. The Morgan fingerprint density at radius 2 is 1.05 bits per heavy atom. The zero-order valence-electron chi connectivity index (χ0n) is 40.5. The second kappa shape index (κ2) is 15.7. The maximum atomic E-state index is 5.44. The molecule has 7 aromatic heterocycles. The summed E-state index contributed by atoms with van der Waals surface area (Å²) in [6.07, 6.45) is 5.73. The molecule has 8 aromatic carbocycles. The number of aromatic nitrogens is 10. The molecule has 0 unspecified atom stereocenters. The van der Waals surface area contributed by atoms with Gasteiger partial charge in [-0.3, -0.25) is 9.13 Å². The molecule has 0 aliphatic heterocycles. The summed E-state index contributed by atoms with van der Waals surface area (Å²) in [4.78, 5) is 15.8. The second-order valence-corrected chi connectivity index (χ2v) is 20.0. The molecule has 0 radical (unpaired) electrons. The van der Waals surface area contributed by atoms with Crippen molar-refractivity contribution in [3.8, 4) is 28.6 Å². The first-order valence-corrected chi connectivity index (χ1v) is 24.4. The van der Waals surface area contributed by atoms with E-state index in [9.17, 15) is 0 Å². The molecule has 15 aromatic rings. The van der Waals surface area contributed by atoms with E-state index in [1.807, 2.05) is 6.20 Å². The van der Waals surface area contributed by atoms with E-state index in [4.69, 9.17) is 15.0 Å². The summed E-state index contributed by atoms with van der Waals surface area (Å²) in [6.45, 7) is 11.0. The van der Waals surface area contributed by atoms with E-state index in [1.54, 1.807) is 0 Å². The van der Waals surface area contributed by atoms with Gasteiger partial charge in [0.15, 0.2) is 0 Å². The first kappa shape index (κ1) is 43.2. The molecule has 0 bridgehead atoms. The van der Waals surface area contributed by atoms with Crippen LogP contribution in [-0.2, 0) is 26.5 Å². The summed E-state index contributed by atoms with van der Waals surface area (Å²) in [6, 6.07) is 68.0. The summed E-state index contributed by atoms with van der Waals surface area (Å²) in [5, 5.41) is 2.43. The van der Waals surface area contributed by atoms with Gasteiger partial charge in [0.1, 0.15) is 5.82 Å². The van der Waals surface area contributed by atoms with Crippen molar-refractivity contribution in [1.29, 1.82) is 0 Å². The molecule has 0 amide bonds. The van der Waals surface area contributed by atoms with Crippen molar-refractivity contribution in [2.45, 2.75) is 40.0 Å². The summed E-state index contributed by atoms with van der Waals surface area (Å²) in [5.41, 5.74) is 18.9. The second-order valence-electron chi connectivity index (χ2n) is 20.0. The van der Waals surface area contributed by atoms with Gasteiger partial charge in [-0.05, 0) is 112 Å². The summed E-state index contributed by atoms with van der Waals surface area (Å²) in [5.74, 6) is 2.33. The molecule has 0 spiro atoms. The monoisotopic (exact) mass is 1120 g/mol. The predicted molar refractivity (Wildman–Crippen MR) is 288 cm³/mol. The summed E-state index contributed by atoms with van der Waals surface area (Å²) < 4.78 is 15.6.